The van der Waals surface area contributed by atoms with Crippen LogP contribution in [0.4, 0.5) is 5.69 Å². The van der Waals surface area contributed by atoms with Gasteiger partial charge < -0.3 is 14.8 Å². The second-order valence-corrected chi connectivity index (χ2v) is 8.42. The fourth-order valence-electron chi connectivity index (χ4n) is 3.51. The summed E-state index contributed by atoms with van der Waals surface area (Å²) in [5.41, 5.74) is 1.86. The van der Waals surface area contributed by atoms with Gasteiger partial charge in [-0.1, -0.05) is 59.6 Å². The number of carbonyl (C=O) groups is 1. The molecule has 0 saturated heterocycles. The van der Waals surface area contributed by atoms with Crippen LogP contribution in [0.3, 0.4) is 0 Å². The molecule has 0 fully saturated rings. The fourth-order valence-corrected chi connectivity index (χ4v) is 3.97. The highest BCUT2D eigenvalue weighted by Gasteiger charge is 2.14. The van der Waals surface area contributed by atoms with Crippen molar-refractivity contribution in [1.82, 2.24) is 0 Å². The molecule has 4 rings (SSSR count). The van der Waals surface area contributed by atoms with Gasteiger partial charge in [0.05, 0.1) is 7.11 Å². The largest absolute Gasteiger partial charge is 0.497 e. The van der Waals surface area contributed by atoms with Gasteiger partial charge in [-0.2, -0.15) is 5.26 Å². The molecule has 1 N–H and O–H groups in total. The predicted octanol–water partition coefficient (Wildman–Crippen LogP) is 7.28. The number of fused-ring (bicyclic) bond motifs is 1. The highest BCUT2D eigenvalue weighted by molar-refractivity contribution is 6.35. The van der Waals surface area contributed by atoms with Gasteiger partial charge in [0.15, 0.2) is 0 Å². The maximum absolute atomic E-state index is 12.9. The Hall–Kier alpha value is -3.98. The number of nitriles is 1. The standard InChI is InChI=1S/C28H20Cl2N2O3/c1-34-23-11-9-22(10-12-23)32-28(33)20(16-31)14-25-24-5-3-2-4-18(24)7-13-27(25)35-17-19-6-8-21(29)15-26(19)30/h2-15H,17H2,1H3,(H,32,33)/b20-14+. The summed E-state index contributed by atoms with van der Waals surface area (Å²) in [5, 5.41) is 15.3. The van der Waals surface area contributed by atoms with Gasteiger partial charge in [-0.15, -0.1) is 0 Å². The first kappa shape index (κ1) is 24.2. The van der Waals surface area contributed by atoms with E-state index in [-0.39, 0.29) is 12.2 Å². The van der Waals surface area contributed by atoms with Crippen molar-refractivity contribution in [2.75, 3.05) is 12.4 Å². The zero-order valence-electron chi connectivity index (χ0n) is 18.7. The van der Waals surface area contributed by atoms with Crippen molar-refractivity contribution in [2.45, 2.75) is 6.61 Å². The molecule has 174 valence electrons. The lowest BCUT2D eigenvalue weighted by Gasteiger charge is -2.14. The van der Waals surface area contributed by atoms with E-state index in [1.807, 2.05) is 42.5 Å². The lowest BCUT2D eigenvalue weighted by molar-refractivity contribution is -0.112. The minimum absolute atomic E-state index is 0.0634. The van der Waals surface area contributed by atoms with Crippen LogP contribution in [0.5, 0.6) is 11.5 Å². The molecule has 4 aromatic carbocycles. The number of anilines is 1. The number of nitrogens with zero attached hydrogens (tertiary/aromatic N) is 1. The molecule has 7 heteroatoms. The Morgan fingerprint density at radius 1 is 1.03 bits per heavy atom. The number of ether oxygens (including phenoxy) is 2. The lowest BCUT2D eigenvalue weighted by Crippen LogP contribution is -2.13. The molecule has 0 aliphatic rings. The summed E-state index contributed by atoms with van der Waals surface area (Å²) in [5.74, 6) is 0.648. The van der Waals surface area contributed by atoms with Crippen molar-refractivity contribution < 1.29 is 14.3 Å². The summed E-state index contributed by atoms with van der Waals surface area (Å²) in [6.45, 7) is 0.190. The average Bonchev–Trinajstić information content (AvgIpc) is 2.87. The highest BCUT2D eigenvalue weighted by atomic mass is 35.5. The third-order valence-corrected chi connectivity index (χ3v) is 5.92. The first-order valence-corrected chi connectivity index (χ1v) is 11.4. The molecule has 35 heavy (non-hydrogen) atoms. The minimum Gasteiger partial charge on any atom is -0.497 e. The van der Waals surface area contributed by atoms with E-state index in [1.54, 1.807) is 55.7 Å². The molecule has 0 spiro atoms. The third kappa shape index (κ3) is 5.75. The number of nitrogens with one attached hydrogen (secondary N) is 1. The second-order valence-electron chi connectivity index (χ2n) is 7.58. The molecule has 5 nitrogen and oxygen atoms in total. The van der Waals surface area contributed by atoms with Crippen molar-refractivity contribution in [3.8, 4) is 17.6 Å². The van der Waals surface area contributed by atoms with E-state index in [9.17, 15) is 10.1 Å². The van der Waals surface area contributed by atoms with Crippen LogP contribution in [-0.4, -0.2) is 13.0 Å². The van der Waals surface area contributed by atoms with Crippen molar-refractivity contribution >= 4 is 51.6 Å². The van der Waals surface area contributed by atoms with E-state index in [0.29, 0.717) is 32.8 Å². The van der Waals surface area contributed by atoms with Crippen molar-refractivity contribution in [3.05, 3.63) is 106 Å². The zero-order chi connectivity index (χ0) is 24.8. The Kier molecular flexibility index (Phi) is 7.57. The van der Waals surface area contributed by atoms with Crippen molar-refractivity contribution in [3.63, 3.8) is 0 Å². The summed E-state index contributed by atoms with van der Waals surface area (Å²) >= 11 is 12.3. The average molecular weight is 503 g/mol. The molecule has 0 aromatic heterocycles. The number of rotatable bonds is 7. The smallest absolute Gasteiger partial charge is 0.266 e. The van der Waals surface area contributed by atoms with Gasteiger partial charge in [0.1, 0.15) is 29.7 Å². The van der Waals surface area contributed by atoms with Gasteiger partial charge in [-0.05, 0) is 59.3 Å². The summed E-state index contributed by atoms with van der Waals surface area (Å²) in [4.78, 5) is 12.9. The maximum Gasteiger partial charge on any atom is 0.266 e. The number of hydrogen-bond donors (Lipinski definition) is 1. The quantitative estimate of drug-likeness (QED) is 0.213. The molecule has 0 radical (unpaired) electrons. The monoisotopic (exact) mass is 502 g/mol. The van der Waals surface area contributed by atoms with Crippen LogP contribution >= 0.6 is 23.2 Å². The Morgan fingerprint density at radius 2 is 1.80 bits per heavy atom. The summed E-state index contributed by atoms with van der Waals surface area (Å²) in [6.07, 6.45) is 1.54. The maximum atomic E-state index is 12.9. The molecule has 4 aromatic rings. The Balaban J connectivity index is 1.68. The minimum atomic E-state index is -0.530. The van der Waals surface area contributed by atoms with E-state index in [0.717, 1.165) is 16.3 Å². The Bertz CT molecular complexity index is 1460. The van der Waals surface area contributed by atoms with Crippen LogP contribution in [0.2, 0.25) is 10.0 Å². The van der Waals surface area contributed by atoms with E-state index >= 15 is 0 Å². The molecule has 0 saturated carbocycles. The fraction of sp³-hybridized carbons (Fsp3) is 0.0714. The molecule has 0 bridgehead atoms. The second kappa shape index (κ2) is 11.0. The molecule has 0 aliphatic heterocycles. The van der Waals surface area contributed by atoms with Crippen LogP contribution in [0.1, 0.15) is 11.1 Å². The molecular formula is C28H20Cl2N2O3. The van der Waals surface area contributed by atoms with Crippen LogP contribution < -0.4 is 14.8 Å². The normalized spacial score (nSPS) is 11.1. The van der Waals surface area contributed by atoms with Crippen LogP contribution in [0, 0.1) is 11.3 Å². The number of amides is 1. The van der Waals surface area contributed by atoms with Gasteiger partial charge in [0, 0.05) is 26.9 Å². The summed E-state index contributed by atoms with van der Waals surface area (Å²) in [6, 6.07) is 25.5. The number of benzene rings is 4. The van der Waals surface area contributed by atoms with E-state index in [1.165, 1.54) is 0 Å². The highest BCUT2D eigenvalue weighted by Crippen LogP contribution is 2.32. The van der Waals surface area contributed by atoms with Gasteiger partial charge in [0.25, 0.3) is 5.91 Å². The van der Waals surface area contributed by atoms with Gasteiger partial charge in [-0.3, -0.25) is 4.79 Å². The van der Waals surface area contributed by atoms with Crippen molar-refractivity contribution in [2.24, 2.45) is 0 Å². The van der Waals surface area contributed by atoms with Crippen molar-refractivity contribution in [1.29, 1.82) is 5.26 Å². The molecule has 0 heterocycles. The van der Waals surface area contributed by atoms with E-state index < -0.39 is 5.91 Å². The van der Waals surface area contributed by atoms with Gasteiger partial charge in [-0.25, -0.2) is 0 Å². The number of carbonyl (C=O) groups excluding carboxylic acids is 1. The third-order valence-electron chi connectivity index (χ3n) is 5.33. The number of halogens is 2. The van der Waals surface area contributed by atoms with Gasteiger partial charge >= 0.3 is 0 Å². The number of methoxy groups -OCH3 is 1. The van der Waals surface area contributed by atoms with Gasteiger partial charge in [0.2, 0.25) is 0 Å². The molecular weight excluding hydrogens is 483 g/mol. The SMILES string of the molecule is COc1ccc(NC(=O)/C(C#N)=C/c2c(OCc3ccc(Cl)cc3Cl)ccc3ccccc23)cc1. The van der Waals surface area contributed by atoms with Crippen LogP contribution in [0.15, 0.2) is 84.4 Å². The Morgan fingerprint density at radius 3 is 2.51 bits per heavy atom. The lowest BCUT2D eigenvalue weighted by atomic mass is 10.0. The van der Waals surface area contributed by atoms with E-state index in [2.05, 4.69) is 5.32 Å². The van der Waals surface area contributed by atoms with E-state index in [4.69, 9.17) is 32.7 Å². The van der Waals surface area contributed by atoms with Crippen LogP contribution in [-0.2, 0) is 11.4 Å². The first-order valence-electron chi connectivity index (χ1n) is 10.6. The summed E-state index contributed by atoms with van der Waals surface area (Å²) < 4.78 is 11.2. The molecule has 0 unspecified atom stereocenters. The molecule has 0 atom stereocenters. The first-order chi connectivity index (χ1) is 17.0. The number of hydrogen-bond acceptors (Lipinski definition) is 4. The molecule has 1 amide bonds. The predicted molar refractivity (Wildman–Crippen MR) is 140 cm³/mol. The Labute approximate surface area is 213 Å². The zero-order valence-corrected chi connectivity index (χ0v) is 20.2. The molecule has 0 aliphatic carbocycles. The van der Waals surface area contributed by atoms with Crippen LogP contribution in [0.25, 0.3) is 16.8 Å². The topological polar surface area (TPSA) is 71.3 Å². The summed E-state index contributed by atoms with van der Waals surface area (Å²) in [7, 11) is 1.56.